The maximum atomic E-state index is 13.6. The van der Waals surface area contributed by atoms with E-state index in [0.29, 0.717) is 11.3 Å². The molecule has 0 unspecified atom stereocenters. The first kappa shape index (κ1) is 12.0. The van der Waals surface area contributed by atoms with E-state index in [0.717, 1.165) is 6.07 Å². The molecule has 0 saturated carbocycles. The van der Waals surface area contributed by atoms with E-state index in [4.69, 9.17) is 10.8 Å². The number of halogens is 1. The van der Waals surface area contributed by atoms with Crippen LogP contribution in [0.4, 0.5) is 4.39 Å². The van der Waals surface area contributed by atoms with E-state index in [1.165, 1.54) is 18.3 Å². The normalized spacial score (nSPS) is 10.3. The van der Waals surface area contributed by atoms with Gasteiger partial charge in [0, 0.05) is 18.7 Å². The van der Waals surface area contributed by atoms with Gasteiger partial charge in [-0.2, -0.15) is 0 Å². The Morgan fingerprint density at radius 3 is 2.83 bits per heavy atom. The number of amides is 1. The first-order chi connectivity index (χ1) is 8.58. The van der Waals surface area contributed by atoms with Gasteiger partial charge in [-0.1, -0.05) is 6.07 Å². The minimum absolute atomic E-state index is 0.144. The molecule has 0 aliphatic rings. The standard InChI is InChI=1S/C13H11FN2O2/c14-11-7-9(17)4-3-8(11)6-12-10(13(15)18)2-1-5-16-12/h1-5,7,17H,6H2,(H2,15,18). The molecule has 5 heteroatoms. The van der Waals surface area contributed by atoms with E-state index in [2.05, 4.69) is 4.98 Å². The predicted molar refractivity (Wildman–Crippen MR) is 63.6 cm³/mol. The van der Waals surface area contributed by atoms with Gasteiger partial charge in [0.05, 0.1) is 11.3 Å². The largest absolute Gasteiger partial charge is 0.508 e. The van der Waals surface area contributed by atoms with Crippen LogP contribution in [-0.4, -0.2) is 16.0 Å². The van der Waals surface area contributed by atoms with Crippen LogP contribution in [-0.2, 0) is 6.42 Å². The number of hydrogen-bond acceptors (Lipinski definition) is 3. The van der Waals surface area contributed by atoms with Crippen LogP contribution >= 0.6 is 0 Å². The molecule has 0 saturated heterocycles. The molecular formula is C13H11FN2O2. The Labute approximate surface area is 103 Å². The Morgan fingerprint density at radius 2 is 2.17 bits per heavy atom. The first-order valence-electron chi connectivity index (χ1n) is 5.29. The van der Waals surface area contributed by atoms with Crippen molar-refractivity contribution in [2.24, 2.45) is 5.73 Å². The van der Waals surface area contributed by atoms with Crippen molar-refractivity contribution in [3.63, 3.8) is 0 Å². The fourth-order valence-corrected chi connectivity index (χ4v) is 1.66. The van der Waals surface area contributed by atoms with Crippen LogP contribution in [0.2, 0.25) is 0 Å². The number of aromatic hydroxyl groups is 1. The number of hydrogen-bond donors (Lipinski definition) is 2. The highest BCUT2D eigenvalue weighted by atomic mass is 19.1. The van der Waals surface area contributed by atoms with Crippen molar-refractivity contribution in [3.05, 3.63) is 59.2 Å². The monoisotopic (exact) mass is 246 g/mol. The number of phenols is 1. The zero-order chi connectivity index (χ0) is 13.1. The highest BCUT2D eigenvalue weighted by Gasteiger charge is 2.11. The highest BCUT2D eigenvalue weighted by molar-refractivity contribution is 5.93. The molecule has 2 aromatic rings. The molecule has 0 aliphatic heterocycles. The molecule has 92 valence electrons. The van der Waals surface area contributed by atoms with E-state index in [-0.39, 0.29) is 17.7 Å². The molecule has 1 aromatic carbocycles. The number of rotatable bonds is 3. The van der Waals surface area contributed by atoms with Crippen molar-refractivity contribution in [3.8, 4) is 5.75 Å². The van der Waals surface area contributed by atoms with Crippen molar-refractivity contribution in [1.82, 2.24) is 4.98 Å². The summed E-state index contributed by atoms with van der Waals surface area (Å²) >= 11 is 0. The molecule has 4 nitrogen and oxygen atoms in total. The van der Waals surface area contributed by atoms with Crippen molar-refractivity contribution in [1.29, 1.82) is 0 Å². The van der Waals surface area contributed by atoms with Gasteiger partial charge in [0.1, 0.15) is 11.6 Å². The molecule has 0 radical (unpaired) electrons. The molecule has 0 aliphatic carbocycles. The van der Waals surface area contributed by atoms with Crippen LogP contribution in [0, 0.1) is 5.82 Å². The van der Waals surface area contributed by atoms with Crippen LogP contribution in [0.1, 0.15) is 21.6 Å². The molecule has 0 fully saturated rings. The number of nitrogens with two attached hydrogens (primary N) is 1. The minimum Gasteiger partial charge on any atom is -0.508 e. The lowest BCUT2D eigenvalue weighted by Crippen LogP contribution is -2.15. The third kappa shape index (κ3) is 2.45. The second kappa shape index (κ2) is 4.83. The van der Waals surface area contributed by atoms with Crippen LogP contribution in [0.25, 0.3) is 0 Å². The first-order valence-corrected chi connectivity index (χ1v) is 5.29. The van der Waals surface area contributed by atoms with Gasteiger partial charge in [-0.15, -0.1) is 0 Å². The number of nitrogens with zero attached hydrogens (tertiary/aromatic N) is 1. The molecule has 3 N–H and O–H groups in total. The van der Waals surface area contributed by atoms with Gasteiger partial charge < -0.3 is 10.8 Å². The number of carbonyl (C=O) groups is 1. The zero-order valence-corrected chi connectivity index (χ0v) is 9.43. The summed E-state index contributed by atoms with van der Waals surface area (Å²) in [5, 5.41) is 9.12. The summed E-state index contributed by atoms with van der Waals surface area (Å²) in [6.07, 6.45) is 1.66. The SMILES string of the molecule is NC(=O)c1cccnc1Cc1ccc(O)cc1F. The fraction of sp³-hybridized carbons (Fsp3) is 0.0769. The van der Waals surface area contributed by atoms with E-state index >= 15 is 0 Å². The average Bonchev–Trinajstić information content (AvgIpc) is 2.33. The summed E-state index contributed by atoms with van der Waals surface area (Å²) in [6.45, 7) is 0. The molecule has 2 rings (SSSR count). The van der Waals surface area contributed by atoms with Crippen LogP contribution < -0.4 is 5.73 Å². The van der Waals surface area contributed by atoms with E-state index in [9.17, 15) is 9.18 Å². The summed E-state index contributed by atoms with van der Waals surface area (Å²) in [6, 6.07) is 6.98. The fourth-order valence-electron chi connectivity index (χ4n) is 1.66. The molecule has 0 bridgehead atoms. The van der Waals surface area contributed by atoms with E-state index in [1.807, 2.05) is 0 Å². The van der Waals surface area contributed by atoms with Gasteiger partial charge in [-0.05, 0) is 23.8 Å². The van der Waals surface area contributed by atoms with Gasteiger partial charge in [0.15, 0.2) is 0 Å². The third-order valence-electron chi connectivity index (χ3n) is 2.55. The Morgan fingerprint density at radius 1 is 1.39 bits per heavy atom. The van der Waals surface area contributed by atoms with Gasteiger partial charge in [0.2, 0.25) is 0 Å². The second-order valence-electron chi connectivity index (χ2n) is 3.81. The highest BCUT2D eigenvalue weighted by Crippen LogP contribution is 2.18. The number of benzene rings is 1. The molecular weight excluding hydrogens is 235 g/mol. The Bertz CT molecular complexity index is 599. The summed E-state index contributed by atoms with van der Waals surface area (Å²) in [7, 11) is 0. The number of aromatic nitrogens is 1. The van der Waals surface area contributed by atoms with Crippen molar-refractivity contribution < 1.29 is 14.3 Å². The Kier molecular flexibility index (Phi) is 3.23. The Hall–Kier alpha value is -2.43. The number of primary amides is 1. The topological polar surface area (TPSA) is 76.2 Å². The zero-order valence-electron chi connectivity index (χ0n) is 9.43. The second-order valence-corrected chi connectivity index (χ2v) is 3.81. The summed E-state index contributed by atoms with van der Waals surface area (Å²) < 4.78 is 13.6. The number of pyridine rings is 1. The predicted octanol–water partition coefficient (Wildman–Crippen LogP) is 1.62. The molecule has 1 amide bonds. The number of phenolic OH excluding ortho intramolecular Hbond substituents is 1. The third-order valence-corrected chi connectivity index (χ3v) is 2.55. The Balaban J connectivity index is 2.37. The van der Waals surface area contributed by atoms with Gasteiger partial charge in [0.25, 0.3) is 5.91 Å². The minimum atomic E-state index is -0.600. The lowest BCUT2D eigenvalue weighted by Gasteiger charge is -2.06. The molecule has 0 atom stereocenters. The van der Waals surface area contributed by atoms with Gasteiger partial charge in [-0.3, -0.25) is 9.78 Å². The summed E-state index contributed by atoms with van der Waals surface area (Å²) in [5.74, 6) is -1.29. The average molecular weight is 246 g/mol. The van der Waals surface area contributed by atoms with Gasteiger partial charge in [-0.25, -0.2) is 4.39 Å². The molecule has 18 heavy (non-hydrogen) atoms. The number of carbonyl (C=O) groups excluding carboxylic acids is 1. The van der Waals surface area contributed by atoms with E-state index < -0.39 is 11.7 Å². The maximum absolute atomic E-state index is 13.6. The quantitative estimate of drug-likeness (QED) is 0.863. The van der Waals surface area contributed by atoms with Crippen molar-refractivity contribution >= 4 is 5.91 Å². The lowest BCUT2D eigenvalue weighted by molar-refractivity contribution is 0.0999. The maximum Gasteiger partial charge on any atom is 0.250 e. The van der Waals surface area contributed by atoms with Crippen LogP contribution in [0.15, 0.2) is 36.5 Å². The van der Waals surface area contributed by atoms with Crippen LogP contribution in [0.5, 0.6) is 5.75 Å². The van der Waals surface area contributed by atoms with Crippen LogP contribution in [0.3, 0.4) is 0 Å². The molecule has 0 spiro atoms. The van der Waals surface area contributed by atoms with Crippen molar-refractivity contribution in [2.45, 2.75) is 6.42 Å². The lowest BCUT2D eigenvalue weighted by atomic mass is 10.0. The molecule has 1 heterocycles. The smallest absolute Gasteiger partial charge is 0.250 e. The van der Waals surface area contributed by atoms with E-state index in [1.54, 1.807) is 12.1 Å². The summed E-state index contributed by atoms with van der Waals surface area (Å²) in [4.78, 5) is 15.2. The summed E-state index contributed by atoms with van der Waals surface area (Å²) in [5.41, 5.74) is 6.24. The van der Waals surface area contributed by atoms with Gasteiger partial charge >= 0.3 is 0 Å². The molecule has 1 aromatic heterocycles. The van der Waals surface area contributed by atoms with Crippen molar-refractivity contribution in [2.75, 3.05) is 0 Å².